The number of benzene rings is 1. The highest BCUT2D eigenvalue weighted by Gasteiger charge is 2.74. The molecule has 0 radical (unpaired) electrons. The number of fused-ring (bicyclic) bond motifs is 7. The van der Waals surface area contributed by atoms with Crippen LogP contribution in [0.4, 0.5) is 13.2 Å². The molecule has 2 N–H and O–H groups in total. The molecule has 0 aromatic heterocycles. The van der Waals surface area contributed by atoms with Crippen molar-refractivity contribution in [3.63, 3.8) is 0 Å². The fourth-order valence-electron chi connectivity index (χ4n) is 13.1. The van der Waals surface area contributed by atoms with Gasteiger partial charge in [-0.15, -0.1) is 0 Å². The summed E-state index contributed by atoms with van der Waals surface area (Å²) in [5, 5.41) is 23.3. The van der Waals surface area contributed by atoms with Crippen molar-refractivity contribution in [3.8, 4) is 0 Å². The van der Waals surface area contributed by atoms with Crippen LogP contribution < -0.4 is 0 Å². The van der Waals surface area contributed by atoms with Gasteiger partial charge in [0.15, 0.2) is 0 Å². The lowest BCUT2D eigenvalue weighted by molar-refractivity contribution is -0.281. The van der Waals surface area contributed by atoms with Crippen LogP contribution in [0, 0.1) is 56.7 Å². The summed E-state index contributed by atoms with van der Waals surface area (Å²) in [5.41, 5.74) is -5.01. The Balaban J connectivity index is 1.50. The Bertz CT molecular complexity index is 1570. The van der Waals surface area contributed by atoms with Crippen molar-refractivity contribution in [1.82, 2.24) is 0 Å². The molecule has 4 fully saturated rings. The van der Waals surface area contributed by atoms with Gasteiger partial charge in [-0.1, -0.05) is 90.4 Å². The first-order valence-corrected chi connectivity index (χ1v) is 19.2. The zero-order chi connectivity index (χ0) is 38.4. The van der Waals surface area contributed by atoms with Gasteiger partial charge < -0.3 is 24.4 Å². The number of esters is 2. The van der Waals surface area contributed by atoms with E-state index in [2.05, 4.69) is 54.5 Å². The first-order valence-electron chi connectivity index (χ1n) is 19.2. The molecule has 5 aliphatic rings. The lowest BCUT2D eigenvalue weighted by atomic mass is 9.35. The summed E-state index contributed by atoms with van der Waals surface area (Å²) in [5.74, 6) is -2.70. The fourth-order valence-corrected chi connectivity index (χ4v) is 13.1. The molecule has 5 aliphatic carbocycles. The minimum absolute atomic E-state index is 0.0455. The number of ether oxygens (including phenoxy) is 3. The Morgan fingerprint density at radius 2 is 1.62 bits per heavy atom. The van der Waals surface area contributed by atoms with E-state index in [1.54, 1.807) is 6.07 Å². The SMILES string of the molecule is CO[C@](C(=O)O[C@@H]1C[C@@H](C(C)C)[C@]2(COC(C)=O)CC[C@@]3(C)[C@H]4C(=CC[C@]3(C)[C@@H]12)[C@@]1(C)CC[C@H](O)C(C)(C)[C@@H]1C[C@@H]4O)(c1ccccc1)C(F)(F)F. The predicted molar refractivity (Wildman–Crippen MR) is 189 cm³/mol. The number of rotatable bonds is 7. The fraction of sp³-hybridized carbons (Fsp3) is 0.762. The molecule has 0 saturated heterocycles. The molecule has 0 unspecified atom stereocenters. The van der Waals surface area contributed by atoms with Gasteiger partial charge in [-0.25, -0.2) is 4.79 Å². The predicted octanol–water partition coefficient (Wildman–Crippen LogP) is 8.16. The number of hydrogen-bond donors (Lipinski definition) is 2. The standard InChI is InChI=1S/C42H59F3O7/c1-24(2)28-21-30(52-35(49)41(50-9,42(43,44)45)26-13-11-10-12-14-26)34-39(8)18-15-27-33(38(39,7)19-20-40(28,34)23-51-25(3)46)29(47)22-31-36(4,5)32(48)16-17-37(27,31)6/h10-15,24,28-34,47-48H,16-23H2,1-9H3/t28-,29-,30+,31-,32-,33-,34+,37+,38-,39+,40+,41-/m0/s1. The molecule has 0 amide bonds. The van der Waals surface area contributed by atoms with E-state index in [9.17, 15) is 19.8 Å². The Morgan fingerprint density at radius 3 is 2.19 bits per heavy atom. The monoisotopic (exact) mass is 732 g/mol. The van der Waals surface area contributed by atoms with Gasteiger partial charge in [-0.05, 0) is 84.4 Å². The van der Waals surface area contributed by atoms with E-state index in [1.165, 1.54) is 36.8 Å². The molecule has 10 heteroatoms. The van der Waals surface area contributed by atoms with Crippen LogP contribution in [0.15, 0.2) is 42.0 Å². The number of allylic oxidation sites excluding steroid dienone is 1. The van der Waals surface area contributed by atoms with E-state index in [0.29, 0.717) is 38.5 Å². The molecule has 0 aliphatic heterocycles. The number of halogens is 3. The lowest BCUT2D eigenvalue weighted by Crippen LogP contribution is -2.67. The zero-order valence-electron chi connectivity index (χ0n) is 32.3. The van der Waals surface area contributed by atoms with Crippen LogP contribution in [0.25, 0.3) is 0 Å². The molecule has 1 aromatic carbocycles. The van der Waals surface area contributed by atoms with Crippen LogP contribution in [0.1, 0.15) is 106 Å². The van der Waals surface area contributed by atoms with Gasteiger partial charge >= 0.3 is 18.1 Å². The summed E-state index contributed by atoms with van der Waals surface area (Å²) in [6.07, 6.45) is -0.795. The van der Waals surface area contributed by atoms with Crippen LogP contribution in [0.5, 0.6) is 0 Å². The highest BCUT2D eigenvalue weighted by atomic mass is 19.4. The smallest absolute Gasteiger partial charge is 0.432 e. The number of methoxy groups -OCH3 is 1. The lowest BCUT2D eigenvalue weighted by Gasteiger charge is -2.70. The second-order valence-corrected chi connectivity index (χ2v) is 18.6. The van der Waals surface area contributed by atoms with Crippen molar-refractivity contribution in [2.45, 2.75) is 130 Å². The van der Waals surface area contributed by atoms with Gasteiger partial charge in [0.2, 0.25) is 0 Å². The van der Waals surface area contributed by atoms with Crippen LogP contribution >= 0.6 is 0 Å². The summed E-state index contributed by atoms with van der Waals surface area (Å²) in [4.78, 5) is 26.7. The molecule has 52 heavy (non-hydrogen) atoms. The van der Waals surface area contributed by atoms with Crippen molar-refractivity contribution in [2.24, 2.45) is 56.7 Å². The summed E-state index contributed by atoms with van der Waals surface area (Å²) in [6.45, 7) is 16.4. The number of hydrogen-bond acceptors (Lipinski definition) is 7. The minimum Gasteiger partial charge on any atom is -0.465 e. The Morgan fingerprint density at radius 1 is 0.962 bits per heavy atom. The maximum Gasteiger partial charge on any atom is 0.432 e. The number of aliphatic hydroxyl groups is 2. The minimum atomic E-state index is -5.13. The second kappa shape index (κ2) is 12.8. The zero-order valence-corrected chi connectivity index (χ0v) is 32.3. The highest BCUT2D eigenvalue weighted by Crippen LogP contribution is 2.76. The van der Waals surface area contributed by atoms with Crippen LogP contribution in [0.2, 0.25) is 0 Å². The second-order valence-electron chi connectivity index (χ2n) is 18.6. The van der Waals surface area contributed by atoms with Crippen LogP contribution in [-0.4, -0.2) is 60.4 Å². The molecule has 12 atom stereocenters. The van der Waals surface area contributed by atoms with Crippen molar-refractivity contribution in [2.75, 3.05) is 13.7 Å². The molecular weight excluding hydrogens is 673 g/mol. The molecule has 290 valence electrons. The number of carbonyl (C=O) groups excluding carboxylic acids is 2. The summed E-state index contributed by atoms with van der Waals surface area (Å²) in [7, 11) is 0.884. The van der Waals surface area contributed by atoms with Crippen molar-refractivity contribution in [3.05, 3.63) is 47.5 Å². The van der Waals surface area contributed by atoms with E-state index in [1.807, 2.05) is 0 Å². The Hall–Kier alpha value is -2.43. The summed E-state index contributed by atoms with van der Waals surface area (Å²) < 4.78 is 62.8. The normalized spacial score (nSPS) is 42.1. The third kappa shape index (κ3) is 5.30. The first-order chi connectivity index (χ1) is 24.1. The molecule has 6 rings (SSSR count). The third-order valence-electron chi connectivity index (χ3n) is 15.8. The van der Waals surface area contributed by atoms with Gasteiger partial charge in [-0.2, -0.15) is 13.2 Å². The van der Waals surface area contributed by atoms with Gasteiger partial charge in [0.05, 0.1) is 18.8 Å². The molecule has 0 heterocycles. The molecule has 4 saturated carbocycles. The van der Waals surface area contributed by atoms with Crippen molar-refractivity contribution >= 4 is 11.9 Å². The van der Waals surface area contributed by atoms with Gasteiger partial charge in [0, 0.05) is 36.8 Å². The number of aliphatic hydroxyl groups excluding tert-OH is 2. The number of carbonyl (C=O) groups is 2. The average Bonchev–Trinajstić information content (AvgIpc) is 3.39. The van der Waals surface area contributed by atoms with Crippen LogP contribution in [0.3, 0.4) is 0 Å². The quantitative estimate of drug-likeness (QED) is 0.216. The Kier molecular flexibility index (Phi) is 9.69. The van der Waals surface area contributed by atoms with Gasteiger partial charge in [0.1, 0.15) is 6.10 Å². The van der Waals surface area contributed by atoms with E-state index in [-0.39, 0.29) is 41.3 Å². The highest BCUT2D eigenvalue weighted by molar-refractivity contribution is 5.83. The first kappa shape index (κ1) is 39.3. The van der Waals surface area contributed by atoms with E-state index in [0.717, 1.165) is 13.5 Å². The van der Waals surface area contributed by atoms with Crippen molar-refractivity contribution in [1.29, 1.82) is 0 Å². The van der Waals surface area contributed by atoms with E-state index < -0.39 is 69.6 Å². The Labute approximate surface area is 307 Å². The van der Waals surface area contributed by atoms with Crippen LogP contribution in [-0.2, 0) is 29.4 Å². The molecular formula is C42H59F3O7. The maximum atomic E-state index is 15.2. The van der Waals surface area contributed by atoms with Gasteiger partial charge in [0.25, 0.3) is 5.60 Å². The largest absolute Gasteiger partial charge is 0.465 e. The van der Waals surface area contributed by atoms with E-state index >= 15 is 13.2 Å². The molecule has 0 spiro atoms. The maximum absolute atomic E-state index is 15.2. The number of alkyl halides is 3. The summed E-state index contributed by atoms with van der Waals surface area (Å²) in [6, 6.07) is 6.90. The van der Waals surface area contributed by atoms with E-state index in [4.69, 9.17) is 14.2 Å². The molecule has 1 aromatic rings. The topological polar surface area (TPSA) is 102 Å². The third-order valence-corrected chi connectivity index (χ3v) is 15.8. The molecule has 7 nitrogen and oxygen atoms in total. The molecule has 0 bridgehead atoms. The average molecular weight is 733 g/mol. The van der Waals surface area contributed by atoms with Crippen molar-refractivity contribution < 1.29 is 47.2 Å². The van der Waals surface area contributed by atoms with Gasteiger partial charge in [-0.3, -0.25) is 4.79 Å². The summed E-state index contributed by atoms with van der Waals surface area (Å²) >= 11 is 0.